The molecule has 0 saturated heterocycles. The van der Waals surface area contributed by atoms with E-state index in [1.165, 1.54) is 10.6 Å². The lowest BCUT2D eigenvalue weighted by Crippen LogP contribution is -2.06. The van der Waals surface area contributed by atoms with Crippen LogP contribution in [-0.2, 0) is 6.54 Å². The van der Waals surface area contributed by atoms with Crippen molar-refractivity contribution in [1.29, 1.82) is 5.26 Å². The first-order chi connectivity index (χ1) is 11.0. The standard InChI is InChI=1S/C16H9Cl2F2N3/c17-11-2-3-12(18)10(6-11)8-23-14-5-9(7-21)1-4-13(14)22-16(23)15(19)20/h1-6,15H,8H2. The Balaban J connectivity index is 2.19. The van der Waals surface area contributed by atoms with Gasteiger partial charge in [0.05, 0.1) is 29.2 Å². The Bertz CT molecular complexity index is 929. The minimum Gasteiger partial charge on any atom is -0.319 e. The molecule has 116 valence electrons. The molecule has 0 radical (unpaired) electrons. The first-order valence-corrected chi connectivity index (χ1v) is 7.37. The number of nitriles is 1. The van der Waals surface area contributed by atoms with Crippen LogP contribution in [0.15, 0.2) is 36.4 Å². The van der Waals surface area contributed by atoms with Gasteiger partial charge in [-0.3, -0.25) is 0 Å². The third-order valence-electron chi connectivity index (χ3n) is 3.44. The number of benzene rings is 2. The van der Waals surface area contributed by atoms with Gasteiger partial charge in [-0.05, 0) is 42.0 Å². The van der Waals surface area contributed by atoms with Gasteiger partial charge in [0, 0.05) is 10.0 Å². The van der Waals surface area contributed by atoms with Crippen molar-refractivity contribution in [2.24, 2.45) is 0 Å². The summed E-state index contributed by atoms with van der Waals surface area (Å²) in [4.78, 5) is 3.96. The van der Waals surface area contributed by atoms with Gasteiger partial charge >= 0.3 is 0 Å². The number of imidazole rings is 1. The lowest BCUT2D eigenvalue weighted by atomic mass is 10.2. The van der Waals surface area contributed by atoms with Crippen molar-refractivity contribution in [2.45, 2.75) is 13.0 Å². The highest BCUT2D eigenvalue weighted by Crippen LogP contribution is 2.28. The summed E-state index contributed by atoms with van der Waals surface area (Å²) in [6.45, 7) is 0.0877. The molecule has 0 aliphatic heterocycles. The highest BCUT2D eigenvalue weighted by molar-refractivity contribution is 6.33. The van der Waals surface area contributed by atoms with E-state index >= 15 is 0 Å². The monoisotopic (exact) mass is 351 g/mol. The number of hydrogen-bond acceptors (Lipinski definition) is 2. The van der Waals surface area contributed by atoms with Crippen LogP contribution >= 0.6 is 23.2 Å². The van der Waals surface area contributed by atoms with Crippen LogP contribution in [0.5, 0.6) is 0 Å². The predicted octanol–water partition coefficient (Wildman–Crippen LogP) is 5.20. The van der Waals surface area contributed by atoms with E-state index in [1.807, 2.05) is 6.07 Å². The van der Waals surface area contributed by atoms with Crippen LogP contribution in [0.4, 0.5) is 8.78 Å². The summed E-state index contributed by atoms with van der Waals surface area (Å²) in [5.74, 6) is -0.369. The summed E-state index contributed by atoms with van der Waals surface area (Å²) in [7, 11) is 0. The van der Waals surface area contributed by atoms with E-state index < -0.39 is 6.43 Å². The zero-order valence-corrected chi connectivity index (χ0v) is 13.1. The van der Waals surface area contributed by atoms with Crippen LogP contribution in [0.3, 0.4) is 0 Å². The van der Waals surface area contributed by atoms with Gasteiger partial charge in [0.25, 0.3) is 6.43 Å². The van der Waals surface area contributed by atoms with Crippen LogP contribution in [0.2, 0.25) is 10.0 Å². The summed E-state index contributed by atoms with van der Waals surface area (Å²) in [6, 6.07) is 11.5. The van der Waals surface area contributed by atoms with Gasteiger partial charge in [-0.2, -0.15) is 5.26 Å². The van der Waals surface area contributed by atoms with E-state index in [2.05, 4.69) is 4.98 Å². The molecule has 1 aromatic heterocycles. The molecule has 3 nitrogen and oxygen atoms in total. The predicted molar refractivity (Wildman–Crippen MR) is 85.0 cm³/mol. The number of aromatic nitrogens is 2. The van der Waals surface area contributed by atoms with Crippen LogP contribution in [0, 0.1) is 11.3 Å². The molecule has 0 spiro atoms. The van der Waals surface area contributed by atoms with E-state index in [9.17, 15) is 8.78 Å². The van der Waals surface area contributed by atoms with E-state index in [1.54, 1.807) is 30.3 Å². The van der Waals surface area contributed by atoms with Crippen molar-refractivity contribution >= 4 is 34.2 Å². The molecule has 1 heterocycles. The molecular formula is C16H9Cl2F2N3. The van der Waals surface area contributed by atoms with E-state index in [4.69, 9.17) is 28.5 Å². The number of hydrogen-bond donors (Lipinski definition) is 0. The van der Waals surface area contributed by atoms with Crippen molar-refractivity contribution in [1.82, 2.24) is 9.55 Å². The summed E-state index contributed by atoms with van der Waals surface area (Å²) in [5, 5.41) is 9.89. The molecule has 2 aromatic carbocycles. The van der Waals surface area contributed by atoms with Crippen LogP contribution in [0.1, 0.15) is 23.4 Å². The average molecular weight is 352 g/mol. The summed E-state index contributed by atoms with van der Waals surface area (Å²) < 4.78 is 28.0. The molecule has 0 aliphatic rings. The van der Waals surface area contributed by atoms with Crippen molar-refractivity contribution in [3.63, 3.8) is 0 Å². The minimum atomic E-state index is -2.74. The molecule has 23 heavy (non-hydrogen) atoms. The molecule has 0 amide bonds. The smallest absolute Gasteiger partial charge is 0.295 e. The lowest BCUT2D eigenvalue weighted by Gasteiger charge is -2.11. The number of nitrogens with zero attached hydrogens (tertiary/aromatic N) is 3. The van der Waals surface area contributed by atoms with Crippen molar-refractivity contribution < 1.29 is 8.78 Å². The first kappa shape index (κ1) is 15.7. The zero-order valence-electron chi connectivity index (χ0n) is 11.6. The van der Waals surface area contributed by atoms with Gasteiger partial charge in [-0.25, -0.2) is 13.8 Å². The van der Waals surface area contributed by atoms with E-state index in [0.717, 1.165) is 0 Å². The second-order valence-corrected chi connectivity index (χ2v) is 5.75. The van der Waals surface area contributed by atoms with Gasteiger partial charge in [-0.1, -0.05) is 23.2 Å². The van der Waals surface area contributed by atoms with Gasteiger partial charge in [-0.15, -0.1) is 0 Å². The highest BCUT2D eigenvalue weighted by atomic mass is 35.5. The molecule has 7 heteroatoms. The average Bonchev–Trinajstić information content (AvgIpc) is 2.89. The molecule has 3 rings (SSSR count). The molecule has 0 atom stereocenters. The minimum absolute atomic E-state index is 0.0877. The Morgan fingerprint density at radius 2 is 1.96 bits per heavy atom. The summed E-state index contributed by atoms with van der Waals surface area (Å²) in [6.07, 6.45) is -2.74. The Hall–Kier alpha value is -2.16. The Kier molecular flexibility index (Phi) is 4.20. The molecule has 3 aromatic rings. The highest BCUT2D eigenvalue weighted by Gasteiger charge is 2.20. The van der Waals surface area contributed by atoms with Crippen LogP contribution in [0.25, 0.3) is 11.0 Å². The molecule has 0 aliphatic carbocycles. The van der Waals surface area contributed by atoms with Gasteiger partial charge in [0.15, 0.2) is 5.82 Å². The fraction of sp³-hybridized carbons (Fsp3) is 0.125. The summed E-state index contributed by atoms with van der Waals surface area (Å²) >= 11 is 12.1. The molecule has 0 bridgehead atoms. The topological polar surface area (TPSA) is 41.6 Å². The maximum Gasteiger partial charge on any atom is 0.295 e. The molecule has 0 saturated carbocycles. The normalized spacial score (nSPS) is 11.1. The Morgan fingerprint density at radius 1 is 1.17 bits per heavy atom. The van der Waals surface area contributed by atoms with Crippen molar-refractivity contribution in [3.8, 4) is 6.07 Å². The SMILES string of the molecule is N#Cc1ccc2nc(C(F)F)n(Cc3cc(Cl)ccc3Cl)c2c1. The fourth-order valence-corrected chi connectivity index (χ4v) is 2.75. The number of rotatable bonds is 3. The maximum atomic E-state index is 13.3. The Labute approximate surface area is 140 Å². The fourth-order valence-electron chi connectivity index (χ4n) is 2.38. The van der Waals surface area contributed by atoms with Gasteiger partial charge in [0.2, 0.25) is 0 Å². The van der Waals surface area contributed by atoms with Crippen molar-refractivity contribution in [2.75, 3.05) is 0 Å². The lowest BCUT2D eigenvalue weighted by molar-refractivity contribution is 0.136. The quantitative estimate of drug-likeness (QED) is 0.650. The third kappa shape index (κ3) is 3.00. The van der Waals surface area contributed by atoms with Crippen LogP contribution < -0.4 is 0 Å². The number of alkyl halides is 2. The maximum absolute atomic E-state index is 13.3. The largest absolute Gasteiger partial charge is 0.319 e. The van der Waals surface area contributed by atoms with Crippen molar-refractivity contribution in [3.05, 3.63) is 63.4 Å². The molecule has 0 fully saturated rings. The van der Waals surface area contributed by atoms with Crippen LogP contribution in [-0.4, -0.2) is 9.55 Å². The number of halogens is 4. The first-order valence-electron chi connectivity index (χ1n) is 6.62. The molecule has 0 N–H and O–H groups in total. The van der Waals surface area contributed by atoms with E-state index in [0.29, 0.717) is 32.2 Å². The summed E-state index contributed by atoms with van der Waals surface area (Å²) in [5.41, 5.74) is 1.83. The second kappa shape index (κ2) is 6.15. The number of fused-ring (bicyclic) bond motifs is 1. The Morgan fingerprint density at radius 3 is 2.65 bits per heavy atom. The molecule has 0 unspecified atom stereocenters. The van der Waals surface area contributed by atoms with E-state index in [-0.39, 0.29) is 12.4 Å². The van der Waals surface area contributed by atoms with Gasteiger partial charge in [0.1, 0.15) is 0 Å². The van der Waals surface area contributed by atoms with Gasteiger partial charge < -0.3 is 4.57 Å². The molecular weight excluding hydrogens is 343 g/mol. The zero-order chi connectivity index (χ0) is 16.6. The second-order valence-electron chi connectivity index (χ2n) is 4.91. The third-order valence-corrected chi connectivity index (χ3v) is 4.04.